The molecule has 0 aliphatic carbocycles. The molecule has 0 radical (unpaired) electrons. The molecule has 0 bridgehead atoms. The van der Waals surface area contributed by atoms with Gasteiger partial charge in [0.15, 0.2) is 0 Å². The van der Waals surface area contributed by atoms with Crippen molar-refractivity contribution in [2.45, 2.75) is 47.1 Å². The molecule has 0 amide bonds. The topological polar surface area (TPSA) is 26.3 Å². The second kappa shape index (κ2) is 3.74. The van der Waals surface area contributed by atoms with Crippen LogP contribution in [0.1, 0.15) is 41.0 Å². The monoisotopic (exact) mass is 158 g/mol. The van der Waals surface area contributed by atoms with Crippen LogP contribution in [0.25, 0.3) is 0 Å². The molecule has 66 valence electrons. The van der Waals surface area contributed by atoms with Crippen molar-refractivity contribution in [1.82, 2.24) is 0 Å². The van der Waals surface area contributed by atoms with E-state index in [0.717, 1.165) is 6.42 Å². The van der Waals surface area contributed by atoms with E-state index in [4.69, 9.17) is 4.74 Å². The van der Waals surface area contributed by atoms with Crippen molar-refractivity contribution in [1.29, 1.82) is 0 Å². The molecule has 11 heavy (non-hydrogen) atoms. The summed E-state index contributed by atoms with van der Waals surface area (Å²) in [6.07, 6.45) is 1.02. The SMILES string of the molecule is CCC(C)(C)C(C)OC(C)=O. The minimum absolute atomic E-state index is 0.00463. The lowest BCUT2D eigenvalue weighted by atomic mass is 9.85. The normalized spacial score (nSPS) is 14.3. The first-order valence-electron chi connectivity index (χ1n) is 4.07. The second-order valence-corrected chi connectivity index (χ2v) is 3.59. The molecule has 0 N–H and O–H groups in total. The van der Waals surface area contributed by atoms with Crippen LogP contribution in [-0.4, -0.2) is 12.1 Å². The lowest BCUT2D eigenvalue weighted by Crippen LogP contribution is -2.30. The van der Waals surface area contributed by atoms with Crippen molar-refractivity contribution in [3.05, 3.63) is 0 Å². The van der Waals surface area contributed by atoms with Gasteiger partial charge in [-0.25, -0.2) is 0 Å². The smallest absolute Gasteiger partial charge is 0.302 e. The molecule has 2 nitrogen and oxygen atoms in total. The fraction of sp³-hybridized carbons (Fsp3) is 0.889. The summed E-state index contributed by atoms with van der Waals surface area (Å²) in [7, 11) is 0. The Balaban J connectivity index is 4.01. The van der Waals surface area contributed by atoms with E-state index in [1.54, 1.807) is 0 Å². The van der Waals surface area contributed by atoms with E-state index in [0.29, 0.717) is 0 Å². The summed E-state index contributed by atoms with van der Waals surface area (Å²) in [6, 6.07) is 0. The van der Waals surface area contributed by atoms with E-state index in [2.05, 4.69) is 20.8 Å². The second-order valence-electron chi connectivity index (χ2n) is 3.59. The fourth-order valence-corrected chi connectivity index (χ4v) is 0.696. The van der Waals surface area contributed by atoms with E-state index < -0.39 is 0 Å². The van der Waals surface area contributed by atoms with Gasteiger partial charge in [-0.15, -0.1) is 0 Å². The zero-order valence-electron chi connectivity index (χ0n) is 8.10. The molecule has 0 spiro atoms. The Bertz CT molecular complexity index is 138. The molecule has 0 aromatic carbocycles. The van der Waals surface area contributed by atoms with Crippen LogP contribution in [0.2, 0.25) is 0 Å². The first-order chi connectivity index (χ1) is 4.90. The van der Waals surface area contributed by atoms with Gasteiger partial charge in [-0.05, 0) is 13.3 Å². The van der Waals surface area contributed by atoms with Crippen molar-refractivity contribution in [2.75, 3.05) is 0 Å². The standard InChI is InChI=1S/C9H18O2/c1-6-9(4,5)7(2)11-8(3)10/h7H,6H2,1-5H3. The molecule has 0 aliphatic heterocycles. The summed E-state index contributed by atoms with van der Waals surface area (Å²) in [5.41, 5.74) is 0.0890. The van der Waals surface area contributed by atoms with Gasteiger partial charge in [0.25, 0.3) is 0 Å². The highest BCUT2D eigenvalue weighted by molar-refractivity contribution is 5.66. The van der Waals surface area contributed by atoms with E-state index in [9.17, 15) is 4.79 Å². The maximum Gasteiger partial charge on any atom is 0.302 e. The predicted octanol–water partition coefficient (Wildman–Crippen LogP) is 2.37. The van der Waals surface area contributed by atoms with Gasteiger partial charge in [-0.3, -0.25) is 4.79 Å². The Morgan fingerprint density at radius 3 is 2.27 bits per heavy atom. The highest BCUT2D eigenvalue weighted by atomic mass is 16.5. The number of carbonyl (C=O) groups excluding carboxylic acids is 1. The summed E-state index contributed by atoms with van der Waals surface area (Å²) in [4.78, 5) is 10.6. The van der Waals surface area contributed by atoms with E-state index in [-0.39, 0.29) is 17.5 Å². The minimum atomic E-state index is -0.195. The maximum absolute atomic E-state index is 10.6. The van der Waals surface area contributed by atoms with E-state index in [1.807, 2.05) is 6.92 Å². The molecule has 1 unspecified atom stereocenters. The Kier molecular flexibility index (Phi) is 3.56. The molecule has 0 saturated carbocycles. The Morgan fingerprint density at radius 1 is 1.55 bits per heavy atom. The van der Waals surface area contributed by atoms with Crippen LogP contribution >= 0.6 is 0 Å². The molecular weight excluding hydrogens is 140 g/mol. The van der Waals surface area contributed by atoms with E-state index >= 15 is 0 Å². The van der Waals surface area contributed by atoms with Gasteiger partial charge in [-0.2, -0.15) is 0 Å². The summed E-state index contributed by atoms with van der Waals surface area (Å²) >= 11 is 0. The van der Waals surface area contributed by atoms with Crippen LogP contribution in [0.3, 0.4) is 0 Å². The van der Waals surface area contributed by atoms with Crippen LogP contribution in [0.4, 0.5) is 0 Å². The third-order valence-corrected chi connectivity index (χ3v) is 2.35. The van der Waals surface area contributed by atoms with Crippen LogP contribution < -0.4 is 0 Å². The number of hydrogen-bond acceptors (Lipinski definition) is 2. The van der Waals surface area contributed by atoms with Gasteiger partial charge in [0, 0.05) is 12.3 Å². The van der Waals surface area contributed by atoms with Crippen molar-refractivity contribution in [2.24, 2.45) is 5.41 Å². The number of rotatable bonds is 3. The zero-order valence-corrected chi connectivity index (χ0v) is 8.10. The summed E-state index contributed by atoms with van der Waals surface area (Å²) in [5.74, 6) is -0.195. The van der Waals surface area contributed by atoms with Gasteiger partial charge >= 0.3 is 5.97 Å². The highest BCUT2D eigenvalue weighted by Gasteiger charge is 2.25. The third kappa shape index (κ3) is 3.40. The molecule has 0 fully saturated rings. The fourth-order valence-electron chi connectivity index (χ4n) is 0.696. The number of carbonyl (C=O) groups is 1. The van der Waals surface area contributed by atoms with Gasteiger partial charge < -0.3 is 4.74 Å². The van der Waals surface area contributed by atoms with Crippen LogP contribution in [-0.2, 0) is 9.53 Å². The summed E-state index contributed by atoms with van der Waals surface area (Å²) in [5, 5.41) is 0. The molecule has 0 heterocycles. The number of hydrogen-bond donors (Lipinski definition) is 0. The van der Waals surface area contributed by atoms with Gasteiger partial charge in [0.1, 0.15) is 6.10 Å². The number of ether oxygens (including phenoxy) is 1. The summed E-state index contributed by atoms with van der Waals surface area (Å²) in [6.45, 7) is 9.67. The lowest BCUT2D eigenvalue weighted by molar-refractivity contribution is -0.151. The molecule has 0 saturated heterocycles. The van der Waals surface area contributed by atoms with E-state index in [1.165, 1.54) is 6.92 Å². The quantitative estimate of drug-likeness (QED) is 0.589. The van der Waals surface area contributed by atoms with Gasteiger partial charge in [0.05, 0.1) is 0 Å². The first-order valence-corrected chi connectivity index (χ1v) is 4.07. The van der Waals surface area contributed by atoms with Gasteiger partial charge in [-0.1, -0.05) is 20.8 Å². The minimum Gasteiger partial charge on any atom is -0.462 e. The predicted molar refractivity (Wildman–Crippen MR) is 45.3 cm³/mol. The molecular formula is C9H18O2. The first kappa shape index (κ1) is 10.5. The number of esters is 1. The lowest BCUT2D eigenvalue weighted by Gasteiger charge is -2.29. The summed E-state index contributed by atoms with van der Waals surface area (Å²) < 4.78 is 5.07. The van der Waals surface area contributed by atoms with Crippen molar-refractivity contribution in [3.63, 3.8) is 0 Å². The molecule has 0 rings (SSSR count). The van der Waals surface area contributed by atoms with Crippen LogP contribution in [0.15, 0.2) is 0 Å². The Labute approximate surface area is 68.9 Å². The Hall–Kier alpha value is -0.530. The highest BCUT2D eigenvalue weighted by Crippen LogP contribution is 2.26. The largest absolute Gasteiger partial charge is 0.462 e. The Morgan fingerprint density at radius 2 is 2.00 bits per heavy atom. The molecule has 1 atom stereocenters. The molecule has 2 heteroatoms. The molecule has 0 aromatic rings. The van der Waals surface area contributed by atoms with Crippen LogP contribution in [0, 0.1) is 5.41 Å². The maximum atomic E-state index is 10.6. The van der Waals surface area contributed by atoms with Crippen LogP contribution in [0.5, 0.6) is 0 Å². The van der Waals surface area contributed by atoms with Crippen molar-refractivity contribution in [3.8, 4) is 0 Å². The average Bonchev–Trinajstić information content (AvgIpc) is 1.86. The zero-order chi connectivity index (χ0) is 9.07. The van der Waals surface area contributed by atoms with Crippen molar-refractivity contribution >= 4 is 5.97 Å². The molecule has 0 aromatic heterocycles. The average molecular weight is 158 g/mol. The van der Waals surface area contributed by atoms with Crippen molar-refractivity contribution < 1.29 is 9.53 Å². The third-order valence-electron chi connectivity index (χ3n) is 2.35. The molecule has 0 aliphatic rings. The van der Waals surface area contributed by atoms with Gasteiger partial charge in [0.2, 0.25) is 0 Å².